The summed E-state index contributed by atoms with van der Waals surface area (Å²) in [6.45, 7) is 2.93. The lowest BCUT2D eigenvalue weighted by Gasteiger charge is -2.15. The first-order chi connectivity index (χ1) is 9.38. The summed E-state index contributed by atoms with van der Waals surface area (Å²) in [5.74, 6) is -0.249. The van der Waals surface area contributed by atoms with Crippen molar-refractivity contribution in [3.63, 3.8) is 0 Å². The number of nitrogens with one attached hydrogen (secondary N) is 1. The highest BCUT2D eigenvalue weighted by Gasteiger charge is 2.30. The number of alkyl halides is 3. The lowest BCUT2D eigenvalue weighted by Crippen LogP contribution is -2.30. The molecule has 1 unspecified atom stereocenters. The molecule has 0 aromatic heterocycles. The molecule has 0 spiro atoms. The predicted octanol–water partition coefficient (Wildman–Crippen LogP) is 2.81. The molecule has 0 heterocycles. The quantitative estimate of drug-likeness (QED) is 0.845. The minimum absolute atomic E-state index is 0.0161. The van der Waals surface area contributed by atoms with Crippen LogP contribution in [0.25, 0.3) is 0 Å². The minimum atomic E-state index is -4.44. The van der Waals surface area contributed by atoms with Crippen molar-refractivity contribution in [1.29, 1.82) is 0 Å². The number of hydrogen-bond donors (Lipinski definition) is 2. The van der Waals surface area contributed by atoms with Gasteiger partial charge in [-0.3, -0.25) is 4.79 Å². The fourth-order valence-corrected chi connectivity index (χ4v) is 1.86. The fourth-order valence-electron chi connectivity index (χ4n) is 1.86. The van der Waals surface area contributed by atoms with Crippen LogP contribution >= 0.6 is 0 Å². The smallest absolute Gasteiger partial charge is 0.352 e. The Bertz CT molecular complexity index is 446. The highest BCUT2D eigenvalue weighted by Crippen LogP contribution is 2.29. The third-order valence-corrected chi connectivity index (χ3v) is 3.16. The first kappa shape index (κ1) is 16.5. The fraction of sp³-hybridized carbons (Fsp3) is 0.500. The van der Waals surface area contributed by atoms with Gasteiger partial charge in [0.2, 0.25) is 0 Å². The number of benzene rings is 1. The van der Waals surface area contributed by atoms with Crippen molar-refractivity contribution in [2.75, 3.05) is 13.1 Å². The summed E-state index contributed by atoms with van der Waals surface area (Å²) in [6.07, 6.45) is -2.80. The molecule has 112 valence electrons. The highest BCUT2D eigenvalue weighted by molar-refractivity contribution is 5.94. The zero-order chi connectivity index (χ0) is 15.2. The molecule has 0 aliphatic heterocycles. The van der Waals surface area contributed by atoms with Crippen molar-refractivity contribution in [3.05, 3.63) is 35.4 Å². The Kier molecular flexibility index (Phi) is 6.01. The Morgan fingerprint density at radius 2 is 2.10 bits per heavy atom. The van der Waals surface area contributed by atoms with Crippen LogP contribution in [0.4, 0.5) is 13.2 Å². The average Bonchev–Trinajstić information content (AvgIpc) is 2.42. The standard InChI is InChI=1S/C14H19F3N2O/c1-2-10(6-7-18)9-19-13(20)11-4-3-5-12(8-11)14(15,16)17/h3-5,8,10H,2,6-7,9,18H2,1H3,(H,19,20). The van der Waals surface area contributed by atoms with Gasteiger partial charge < -0.3 is 11.1 Å². The van der Waals surface area contributed by atoms with Crippen LogP contribution in [0.2, 0.25) is 0 Å². The molecule has 6 heteroatoms. The molecule has 1 rings (SSSR count). The number of halogens is 3. The van der Waals surface area contributed by atoms with E-state index in [2.05, 4.69) is 5.32 Å². The molecule has 0 saturated heterocycles. The molecule has 20 heavy (non-hydrogen) atoms. The van der Waals surface area contributed by atoms with Crippen LogP contribution in [0.5, 0.6) is 0 Å². The number of rotatable bonds is 6. The van der Waals surface area contributed by atoms with Crippen LogP contribution in [0.1, 0.15) is 35.7 Å². The van der Waals surface area contributed by atoms with E-state index in [0.717, 1.165) is 25.0 Å². The van der Waals surface area contributed by atoms with Gasteiger partial charge >= 0.3 is 6.18 Å². The molecular weight excluding hydrogens is 269 g/mol. The normalized spacial score (nSPS) is 13.1. The zero-order valence-electron chi connectivity index (χ0n) is 11.3. The Morgan fingerprint density at radius 3 is 2.65 bits per heavy atom. The summed E-state index contributed by atoms with van der Waals surface area (Å²) < 4.78 is 37.7. The van der Waals surface area contributed by atoms with Gasteiger partial charge in [0.15, 0.2) is 0 Å². The maximum absolute atomic E-state index is 12.6. The van der Waals surface area contributed by atoms with E-state index in [4.69, 9.17) is 5.73 Å². The Hall–Kier alpha value is -1.56. The van der Waals surface area contributed by atoms with Crippen molar-refractivity contribution >= 4 is 5.91 Å². The molecule has 1 aromatic carbocycles. The maximum atomic E-state index is 12.6. The van der Waals surface area contributed by atoms with Crippen LogP contribution in [0.3, 0.4) is 0 Å². The molecule has 1 aromatic rings. The molecule has 0 fully saturated rings. The van der Waals surface area contributed by atoms with E-state index in [1.807, 2.05) is 6.92 Å². The minimum Gasteiger partial charge on any atom is -0.352 e. The largest absolute Gasteiger partial charge is 0.416 e. The van der Waals surface area contributed by atoms with Gasteiger partial charge in [-0.1, -0.05) is 19.4 Å². The van der Waals surface area contributed by atoms with E-state index in [1.54, 1.807) is 0 Å². The molecular formula is C14H19F3N2O. The van der Waals surface area contributed by atoms with Crippen LogP contribution in [-0.4, -0.2) is 19.0 Å². The Balaban J connectivity index is 2.68. The Morgan fingerprint density at radius 1 is 1.40 bits per heavy atom. The van der Waals surface area contributed by atoms with Gasteiger partial charge in [0, 0.05) is 12.1 Å². The molecule has 1 amide bonds. The zero-order valence-corrected chi connectivity index (χ0v) is 11.3. The van der Waals surface area contributed by atoms with E-state index < -0.39 is 17.6 Å². The van der Waals surface area contributed by atoms with E-state index in [-0.39, 0.29) is 11.5 Å². The third-order valence-electron chi connectivity index (χ3n) is 3.16. The SMILES string of the molecule is CCC(CCN)CNC(=O)c1cccc(C(F)(F)F)c1. The second kappa shape index (κ2) is 7.28. The van der Waals surface area contributed by atoms with Crippen LogP contribution < -0.4 is 11.1 Å². The van der Waals surface area contributed by atoms with Crippen molar-refractivity contribution in [1.82, 2.24) is 5.32 Å². The second-order valence-electron chi connectivity index (χ2n) is 4.64. The summed E-state index contributed by atoms with van der Waals surface area (Å²) in [6, 6.07) is 4.41. The first-order valence-electron chi connectivity index (χ1n) is 6.54. The molecule has 1 atom stereocenters. The summed E-state index contributed by atoms with van der Waals surface area (Å²) >= 11 is 0. The monoisotopic (exact) mass is 288 g/mol. The van der Waals surface area contributed by atoms with Crippen LogP contribution in [-0.2, 0) is 6.18 Å². The second-order valence-corrected chi connectivity index (χ2v) is 4.64. The van der Waals surface area contributed by atoms with E-state index in [0.29, 0.717) is 13.1 Å². The topological polar surface area (TPSA) is 55.1 Å². The first-order valence-corrected chi connectivity index (χ1v) is 6.54. The van der Waals surface area contributed by atoms with Crippen molar-refractivity contribution in [2.45, 2.75) is 25.9 Å². The van der Waals surface area contributed by atoms with Crippen LogP contribution in [0.15, 0.2) is 24.3 Å². The van der Waals surface area contributed by atoms with Crippen molar-refractivity contribution in [3.8, 4) is 0 Å². The maximum Gasteiger partial charge on any atom is 0.416 e. The number of carbonyl (C=O) groups is 1. The summed E-state index contributed by atoms with van der Waals surface area (Å²) in [5, 5.41) is 2.65. The molecule has 0 saturated carbocycles. The van der Waals surface area contributed by atoms with E-state index >= 15 is 0 Å². The summed E-state index contributed by atoms with van der Waals surface area (Å²) in [5.41, 5.74) is 4.65. The van der Waals surface area contributed by atoms with Gasteiger partial charge in [0.1, 0.15) is 0 Å². The van der Waals surface area contributed by atoms with E-state index in [1.165, 1.54) is 12.1 Å². The number of nitrogens with two attached hydrogens (primary N) is 1. The third kappa shape index (κ3) is 4.85. The van der Waals surface area contributed by atoms with Gasteiger partial charge in [-0.25, -0.2) is 0 Å². The van der Waals surface area contributed by atoms with Gasteiger partial charge in [-0.2, -0.15) is 13.2 Å². The van der Waals surface area contributed by atoms with E-state index in [9.17, 15) is 18.0 Å². The molecule has 0 aliphatic carbocycles. The lowest BCUT2D eigenvalue weighted by molar-refractivity contribution is -0.137. The van der Waals surface area contributed by atoms with Crippen molar-refractivity contribution < 1.29 is 18.0 Å². The molecule has 0 radical (unpaired) electrons. The lowest BCUT2D eigenvalue weighted by atomic mass is 10.0. The van der Waals surface area contributed by atoms with Crippen LogP contribution in [0, 0.1) is 5.92 Å². The van der Waals surface area contributed by atoms with Gasteiger partial charge in [-0.05, 0) is 37.1 Å². The predicted molar refractivity (Wildman–Crippen MR) is 71.2 cm³/mol. The van der Waals surface area contributed by atoms with Gasteiger partial charge in [-0.15, -0.1) is 0 Å². The average molecular weight is 288 g/mol. The molecule has 3 N–H and O–H groups in total. The number of amides is 1. The number of hydrogen-bond acceptors (Lipinski definition) is 2. The summed E-state index contributed by atoms with van der Waals surface area (Å²) in [7, 11) is 0. The molecule has 0 aliphatic rings. The molecule has 0 bridgehead atoms. The highest BCUT2D eigenvalue weighted by atomic mass is 19.4. The molecule has 3 nitrogen and oxygen atoms in total. The Labute approximate surface area is 116 Å². The van der Waals surface area contributed by atoms with Gasteiger partial charge in [0.25, 0.3) is 5.91 Å². The van der Waals surface area contributed by atoms with Crippen molar-refractivity contribution in [2.24, 2.45) is 11.7 Å². The van der Waals surface area contributed by atoms with Gasteiger partial charge in [0.05, 0.1) is 5.56 Å². The summed E-state index contributed by atoms with van der Waals surface area (Å²) in [4.78, 5) is 11.8. The number of carbonyl (C=O) groups excluding carboxylic acids is 1.